The molecule has 0 aliphatic carbocycles. The predicted octanol–water partition coefficient (Wildman–Crippen LogP) is -0.418. The minimum atomic E-state index is -3.96. The third-order valence-corrected chi connectivity index (χ3v) is 5.31. The van der Waals surface area contributed by atoms with Gasteiger partial charge >= 0.3 is 0 Å². The molecule has 0 bridgehead atoms. The Bertz CT molecular complexity index is 633. The Balaban J connectivity index is 2.47. The fourth-order valence-electron chi connectivity index (χ4n) is 2.19. The van der Waals surface area contributed by atoms with Crippen LogP contribution in [0.1, 0.15) is 5.56 Å². The van der Waals surface area contributed by atoms with Gasteiger partial charge in [0.2, 0.25) is 15.9 Å². The number of halogens is 1. The highest BCUT2D eigenvalue weighted by atomic mass is 32.2. The van der Waals surface area contributed by atoms with Gasteiger partial charge in [-0.15, -0.1) is 0 Å². The number of carbonyl (C=O) groups excluding carboxylic acids is 1. The highest BCUT2D eigenvalue weighted by Gasteiger charge is 2.37. The molecule has 1 fully saturated rings. The van der Waals surface area contributed by atoms with Gasteiger partial charge in [-0.1, -0.05) is 6.07 Å². The van der Waals surface area contributed by atoms with Crippen molar-refractivity contribution in [2.45, 2.75) is 17.9 Å². The molecule has 110 valence electrons. The Labute approximate surface area is 116 Å². The third-order valence-electron chi connectivity index (χ3n) is 3.26. The second-order valence-corrected chi connectivity index (χ2v) is 6.51. The molecule has 2 rings (SSSR count). The molecule has 1 aromatic rings. The maximum absolute atomic E-state index is 13.3. The smallest absolute Gasteiger partial charge is 0.244 e. The van der Waals surface area contributed by atoms with Gasteiger partial charge in [-0.25, -0.2) is 12.8 Å². The van der Waals surface area contributed by atoms with E-state index in [1.54, 1.807) is 6.92 Å². The van der Waals surface area contributed by atoms with Gasteiger partial charge in [0, 0.05) is 19.6 Å². The van der Waals surface area contributed by atoms with E-state index in [1.165, 1.54) is 12.1 Å². The van der Waals surface area contributed by atoms with Crippen molar-refractivity contribution in [3.05, 3.63) is 29.6 Å². The first-order chi connectivity index (χ1) is 9.34. The van der Waals surface area contributed by atoms with E-state index in [1.807, 2.05) is 0 Å². The summed E-state index contributed by atoms with van der Waals surface area (Å²) in [5, 5.41) is 2.91. The lowest BCUT2D eigenvalue weighted by Crippen LogP contribution is -2.58. The Kier molecular flexibility index (Phi) is 4.07. The molecule has 1 atom stereocenters. The molecule has 0 radical (unpaired) electrons. The van der Waals surface area contributed by atoms with Gasteiger partial charge in [-0.05, 0) is 24.6 Å². The molecule has 1 aliphatic heterocycles. The second kappa shape index (κ2) is 5.47. The maximum atomic E-state index is 13.3. The number of carbonyl (C=O) groups is 1. The summed E-state index contributed by atoms with van der Waals surface area (Å²) < 4.78 is 39.5. The SMILES string of the molecule is Cc1ccc(F)cc1S(=O)(=O)N1CCNCC1C(N)=O. The lowest BCUT2D eigenvalue weighted by Gasteiger charge is -2.33. The van der Waals surface area contributed by atoms with Crippen molar-refractivity contribution in [1.29, 1.82) is 0 Å². The number of piperazine rings is 1. The van der Waals surface area contributed by atoms with Crippen LogP contribution in [0.5, 0.6) is 0 Å². The standard InChI is InChI=1S/C12H16FN3O3S/c1-8-2-3-9(13)6-11(8)20(18,19)16-5-4-15-7-10(16)12(14)17/h2-3,6,10,15H,4-5,7H2,1H3,(H2,14,17). The Morgan fingerprint density at radius 3 is 2.85 bits per heavy atom. The monoisotopic (exact) mass is 301 g/mol. The molecule has 1 saturated heterocycles. The first kappa shape index (κ1) is 14.9. The van der Waals surface area contributed by atoms with Gasteiger partial charge in [0.1, 0.15) is 11.9 Å². The molecular formula is C12H16FN3O3S. The molecule has 20 heavy (non-hydrogen) atoms. The summed E-state index contributed by atoms with van der Waals surface area (Å²) in [4.78, 5) is 11.3. The van der Waals surface area contributed by atoms with E-state index in [-0.39, 0.29) is 18.0 Å². The number of nitrogens with one attached hydrogen (secondary N) is 1. The second-order valence-electron chi connectivity index (χ2n) is 4.65. The van der Waals surface area contributed by atoms with E-state index in [4.69, 9.17) is 5.73 Å². The lowest BCUT2D eigenvalue weighted by molar-refractivity contribution is -0.122. The minimum absolute atomic E-state index is 0.117. The largest absolute Gasteiger partial charge is 0.368 e. The molecule has 1 amide bonds. The summed E-state index contributed by atoms with van der Waals surface area (Å²) in [6.07, 6.45) is 0. The number of sulfonamides is 1. The highest BCUT2D eigenvalue weighted by Crippen LogP contribution is 2.23. The summed E-state index contributed by atoms with van der Waals surface area (Å²) in [6.45, 7) is 2.26. The number of rotatable bonds is 3. The quantitative estimate of drug-likeness (QED) is 0.793. The van der Waals surface area contributed by atoms with Crippen LogP contribution in [0.3, 0.4) is 0 Å². The van der Waals surface area contributed by atoms with E-state index < -0.39 is 27.8 Å². The molecule has 3 N–H and O–H groups in total. The Morgan fingerprint density at radius 2 is 2.20 bits per heavy atom. The zero-order chi connectivity index (χ0) is 14.9. The number of nitrogens with two attached hydrogens (primary N) is 1. The van der Waals surface area contributed by atoms with Gasteiger partial charge in [0.15, 0.2) is 0 Å². The normalized spacial score (nSPS) is 20.8. The van der Waals surface area contributed by atoms with Crippen LogP contribution in [0.15, 0.2) is 23.1 Å². The van der Waals surface area contributed by atoms with Gasteiger partial charge < -0.3 is 11.1 Å². The van der Waals surface area contributed by atoms with Crippen molar-refractivity contribution < 1.29 is 17.6 Å². The zero-order valence-electron chi connectivity index (χ0n) is 11.0. The van der Waals surface area contributed by atoms with Crippen LogP contribution in [0, 0.1) is 12.7 Å². The molecule has 1 unspecified atom stereocenters. The van der Waals surface area contributed by atoms with Crippen molar-refractivity contribution in [1.82, 2.24) is 9.62 Å². The number of aryl methyl sites for hydroxylation is 1. The predicted molar refractivity (Wildman–Crippen MR) is 70.9 cm³/mol. The average molecular weight is 301 g/mol. The van der Waals surface area contributed by atoms with Crippen LogP contribution in [0.2, 0.25) is 0 Å². The van der Waals surface area contributed by atoms with Crippen molar-refractivity contribution in [3.8, 4) is 0 Å². The van der Waals surface area contributed by atoms with Gasteiger partial charge in [-0.2, -0.15) is 4.31 Å². The van der Waals surface area contributed by atoms with E-state index in [9.17, 15) is 17.6 Å². The molecule has 6 nitrogen and oxygen atoms in total. The molecule has 0 saturated carbocycles. The highest BCUT2D eigenvalue weighted by molar-refractivity contribution is 7.89. The number of hydrogen-bond donors (Lipinski definition) is 2. The fourth-order valence-corrected chi connectivity index (χ4v) is 4.03. The van der Waals surface area contributed by atoms with E-state index in [0.29, 0.717) is 12.1 Å². The summed E-state index contributed by atoms with van der Waals surface area (Å²) in [5.41, 5.74) is 5.67. The number of benzene rings is 1. The Morgan fingerprint density at radius 1 is 1.50 bits per heavy atom. The summed E-state index contributed by atoms with van der Waals surface area (Å²) in [6, 6.07) is 2.59. The number of hydrogen-bond acceptors (Lipinski definition) is 4. The number of nitrogens with zero attached hydrogens (tertiary/aromatic N) is 1. The average Bonchev–Trinajstić information content (AvgIpc) is 2.41. The first-order valence-electron chi connectivity index (χ1n) is 6.12. The van der Waals surface area contributed by atoms with Crippen molar-refractivity contribution in [2.75, 3.05) is 19.6 Å². The lowest BCUT2D eigenvalue weighted by atomic mass is 10.2. The van der Waals surface area contributed by atoms with Crippen molar-refractivity contribution >= 4 is 15.9 Å². The fraction of sp³-hybridized carbons (Fsp3) is 0.417. The summed E-state index contributed by atoms with van der Waals surface area (Å²) >= 11 is 0. The number of amides is 1. The van der Waals surface area contributed by atoms with Gasteiger partial charge in [-0.3, -0.25) is 4.79 Å². The molecule has 1 heterocycles. The van der Waals surface area contributed by atoms with Crippen molar-refractivity contribution in [2.24, 2.45) is 5.73 Å². The molecule has 0 aromatic heterocycles. The van der Waals surface area contributed by atoms with Crippen LogP contribution in [0.25, 0.3) is 0 Å². The molecule has 0 spiro atoms. The van der Waals surface area contributed by atoms with E-state index in [0.717, 1.165) is 10.4 Å². The summed E-state index contributed by atoms with van der Waals surface area (Å²) in [5.74, 6) is -1.37. The van der Waals surface area contributed by atoms with Crippen LogP contribution in [0.4, 0.5) is 4.39 Å². The molecule has 1 aliphatic rings. The van der Waals surface area contributed by atoms with Crippen LogP contribution < -0.4 is 11.1 Å². The van der Waals surface area contributed by atoms with Crippen molar-refractivity contribution in [3.63, 3.8) is 0 Å². The van der Waals surface area contributed by atoms with Gasteiger partial charge in [0.25, 0.3) is 0 Å². The van der Waals surface area contributed by atoms with Gasteiger partial charge in [0.05, 0.1) is 4.90 Å². The molecule has 8 heteroatoms. The molecule has 1 aromatic carbocycles. The third kappa shape index (κ3) is 2.67. The minimum Gasteiger partial charge on any atom is -0.368 e. The molecular weight excluding hydrogens is 285 g/mol. The van der Waals surface area contributed by atoms with Crippen LogP contribution in [-0.4, -0.2) is 44.3 Å². The van der Waals surface area contributed by atoms with Crippen LogP contribution >= 0.6 is 0 Å². The number of primary amides is 1. The first-order valence-corrected chi connectivity index (χ1v) is 7.56. The van der Waals surface area contributed by atoms with E-state index >= 15 is 0 Å². The zero-order valence-corrected chi connectivity index (χ0v) is 11.8. The maximum Gasteiger partial charge on any atom is 0.244 e. The van der Waals surface area contributed by atoms with Crippen LogP contribution in [-0.2, 0) is 14.8 Å². The van der Waals surface area contributed by atoms with E-state index in [2.05, 4.69) is 5.32 Å². The summed E-state index contributed by atoms with van der Waals surface area (Å²) in [7, 11) is -3.96. The Hall–Kier alpha value is -1.51. The topological polar surface area (TPSA) is 92.5 Å².